The Balaban J connectivity index is 1.83. The molecule has 61 heavy (non-hydrogen) atoms. The maximum Gasteiger partial charge on any atom is 0.326 e. The third-order valence-electron chi connectivity index (χ3n) is 9.47. The summed E-state index contributed by atoms with van der Waals surface area (Å²) >= 11 is 1.20. The summed E-state index contributed by atoms with van der Waals surface area (Å²) in [5, 5.41) is 25.8. The van der Waals surface area contributed by atoms with E-state index in [1.54, 1.807) is 17.2 Å². The van der Waals surface area contributed by atoms with Crippen LogP contribution in [0.1, 0.15) is 76.6 Å². The summed E-state index contributed by atoms with van der Waals surface area (Å²) in [4.78, 5) is 86.6. The molecule has 1 aromatic heterocycles. The number of carbonyl (C=O) groups excluding carboxylic acids is 5. The van der Waals surface area contributed by atoms with Gasteiger partial charge in [-0.3, -0.25) is 28.8 Å². The Morgan fingerprint density at radius 2 is 1.59 bits per heavy atom. The molecule has 3 aromatic rings. The van der Waals surface area contributed by atoms with Crippen LogP contribution in [0.15, 0.2) is 60.8 Å². The van der Waals surface area contributed by atoms with Gasteiger partial charge in [0.05, 0.1) is 24.3 Å². The molecule has 0 radical (unpaired) electrons. The summed E-state index contributed by atoms with van der Waals surface area (Å²) in [6, 6.07) is 11.4. The fraction of sp³-hybridized carbons (Fsp3) is 0.452. The molecule has 16 nitrogen and oxygen atoms in total. The molecule has 3 atom stereocenters. The number of carbonyl (C=O) groups is 7. The number of benzene rings is 2. The molecule has 0 aliphatic heterocycles. The van der Waals surface area contributed by atoms with Crippen molar-refractivity contribution in [2.45, 2.75) is 84.0 Å². The van der Waals surface area contributed by atoms with Gasteiger partial charge in [-0.25, -0.2) is 13.6 Å². The van der Waals surface area contributed by atoms with E-state index in [1.807, 2.05) is 55.7 Å². The maximum absolute atomic E-state index is 15.2. The van der Waals surface area contributed by atoms with Gasteiger partial charge in [0.25, 0.3) is 0 Å². The number of amides is 5. The predicted molar refractivity (Wildman–Crippen MR) is 225 cm³/mol. The zero-order valence-electron chi connectivity index (χ0n) is 34.5. The van der Waals surface area contributed by atoms with Crippen LogP contribution >= 0.6 is 11.8 Å². The monoisotopic (exact) mass is 871 g/mol. The van der Waals surface area contributed by atoms with E-state index in [1.165, 1.54) is 11.8 Å². The fourth-order valence-corrected chi connectivity index (χ4v) is 7.43. The maximum atomic E-state index is 15.2. The van der Waals surface area contributed by atoms with Crippen molar-refractivity contribution >= 4 is 53.2 Å². The van der Waals surface area contributed by atoms with Gasteiger partial charge in [-0.05, 0) is 54.6 Å². The number of nitrogens with zero attached hydrogens (tertiary/aromatic N) is 2. The highest BCUT2D eigenvalue weighted by molar-refractivity contribution is 7.99. The number of rotatable bonds is 26. The van der Waals surface area contributed by atoms with E-state index in [-0.39, 0.29) is 68.3 Å². The first kappa shape index (κ1) is 49.5. The van der Waals surface area contributed by atoms with E-state index in [0.29, 0.717) is 24.2 Å². The van der Waals surface area contributed by atoms with Gasteiger partial charge in [0.1, 0.15) is 17.7 Å². The molecule has 332 valence electrons. The van der Waals surface area contributed by atoms with E-state index in [0.717, 1.165) is 23.8 Å². The van der Waals surface area contributed by atoms with Crippen LogP contribution in [-0.2, 0) is 40.1 Å². The van der Waals surface area contributed by atoms with Crippen LogP contribution in [0.4, 0.5) is 8.78 Å². The molecule has 3 rings (SSSR count). The molecule has 2 aromatic carbocycles. The van der Waals surface area contributed by atoms with E-state index in [4.69, 9.17) is 16.6 Å². The smallest absolute Gasteiger partial charge is 0.326 e. The summed E-state index contributed by atoms with van der Waals surface area (Å²) in [6.45, 7) is 6.41. The van der Waals surface area contributed by atoms with Gasteiger partial charge >= 0.3 is 11.9 Å². The van der Waals surface area contributed by atoms with Crippen LogP contribution < -0.4 is 27.4 Å². The van der Waals surface area contributed by atoms with Crippen molar-refractivity contribution in [2.75, 3.05) is 31.1 Å². The first-order valence-electron chi connectivity index (χ1n) is 19.6. The molecule has 0 fully saturated rings. The van der Waals surface area contributed by atoms with Crippen LogP contribution in [0.25, 0.3) is 11.1 Å². The molecule has 19 heteroatoms. The summed E-state index contributed by atoms with van der Waals surface area (Å²) in [5.41, 5.74) is 12.1. The number of nitrogens with two attached hydrogens (primary N) is 2. The van der Waals surface area contributed by atoms with E-state index < -0.39 is 77.2 Å². The minimum atomic E-state index is -1.39. The lowest BCUT2D eigenvalue weighted by Crippen LogP contribution is -2.46. The SMILES string of the molecule is CC(C)(C)[C@H](c1cc(-c2cc(F)ccc2F)cn1Cc1ccccc1)N(CCCN[C@@H](CC(N)=O)C(N)=O)C(=O)CSCCC(=O)NCCC(=O)N[C@@H](CCC(=O)O)C(=O)O. The van der Waals surface area contributed by atoms with Crippen molar-refractivity contribution in [2.24, 2.45) is 16.9 Å². The van der Waals surface area contributed by atoms with Crippen LogP contribution in [0.2, 0.25) is 0 Å². The third-order valence-corrected chi connectivity index (χ3v) is 10.4. The second-order valence-electron chi connectivity index (χ2n) is 15.5. The molecule has 0 spiro atoms. The summed E-state index contributed by atoms with van der Waals surface area (Å²) in [6.07, 6.45) is 0.716. The van der Waals surface area contributed by atoms with Gasteiger partial charge in [0, 0.05) is 67.7 Å². The third kappa shape index (κ3) is 16.6. The Hall–Kier alpha value is -5.82. The highest BCUT2D eigenvalue weighted by Crippen LogP contribution is 2.41. The number of carboxylic acids is 2. The molecule has 0 aliphatic rings. The predicted octanol–water partition coefficient (Wildman–Crippen LogP) is 3.17. The minimum absolute atomic E-state index is 0.0145. The number of aliphatic carboxylic acids is 2. The number of thioether (sulfide) groups is 1. The second-order valence-corrected chi connectivity index (χ2v) is 16.6. The second kappa shape index (κ2) is 23.8. The molecule has 0 bridgehead atoms. The Morgan fingerprint density at radius 3 is 2.21 bits per heavy atom. The number of halogens is 2. The Kier molecular flexibility index (Phi) is 19.4. The fourth-order valence-electron chi connectivity index (χ4n) is 6.61. The number of hydrogen-bond acceptors (Lipinski definition) is 9. The largest absolute Gasteiger partial charge is 0.481 e. The van der Waals surface area contributed by atoms with Gasteiger partial charge in [-0.15, -0.1) is 0 Å². The van der Waals surface area contributed by atoms with E-state index in [2.05, 4.69) is 16.0 Å². The van der Waals surface area contributed by atoms with Crippen molar-refractivity contribution < 1.29 is 52.6 Å². The molecule has 1 heterocycles. The first-order valence-corrected chi connectivity index (χ1v) is 20.8. The van der Waals surface area contributed by atoms with Crippen LogP contribution in [0.3, 0.4) is 0 Å². The normalized spacial score (nSPS) is 12.8. The Labute approximate surface area is 357 Å². The van der Waals surface area contributed by atoms with E-state index >= 15 is 4.39 Å². The Morgan fingerprint density at radius 1 is 0.885 bits per heavy atom. The Bertz CT molecular complexity index is 2010. The first-order chi connectivity index (χ1) is 28.8. The summed E-state index contributed by atoms with van der Waals surface area (Å²) in [7, 11) is 0. The van der Waals surface area contributed by atoms with Gasteiger partial charge in [-0.2, -0.15) is 11.8 Å². The molecule has 0 unspecified atom stereocenters. The highest BCUT2D eigenvalue weighted by atomic mass is 32.2. The van der Waals surface area contributed by atoms with Crippen molar-refractivity contribution in [3.8, 4) is 11.1 Å². The average Bonchev–Trinajstić information content (AvgIpc) is 3.57. The summed E-state index contributed by atoms with van der Waals surface area (Å²) < 4.78 is 31.6. The minimum Gasteiger partial charge on any atom is -0.481 e. The lowest BCUT2D eigenvalue weighted by molar-refractivity contribution is -0.143. The molecular formula is C42H55F2N7O9S. The molecule has 0 saturated heterocycles. The van der Waals surface area contributed by atoms with Gasteiger partial charge < -0.3 is 47.1 Å². The quantitative estimate of drug-likeness (QED) is 0.0577. The van der Waals surface area contributed by atoms with Gasteiger partial charge in [0.2, 0.25) is 29.5 Å². The number of carboxylic acid groups (broad SMARTS) is 2. The topological polar surface area (TPSA) is 256 Å². The van der Waals surface area contributed by atoms with E-state index in [9.17, 15) is 43.1 Å². The summed E-state index contributed by atoms with van der Waals surface area (Å²) in [5.74, 6) is -6.55. The van der Waals surface area contributed by atoms with Crippen molar-refractivity contribution in [3.05, 3.63) is 83.7 Å². The van der Waals surface area contributed by atoms with Crippen LogP contribution in [0.5, 0.6) is 0 Å². The number of hydrogen-bond donors (Lipinski definition) is 7. The molecular weight excluding hydrogens is 817 g/mol. The molecule has 0 saturated carbocycles. The van der Waals surface area contributed by atoms with Crippen LogP contribution in [-0.4, -0.2) is 104 Å². The lowest BCUT2D eigenvalue weighted by Gasteiger charge is -2.41. The molecule has 0 aliphatic carbocycles. The van der Waals surface area contributed by atoms with Gasteiger partial charge in [0.15, 0.2) is 0 Å². The number of aromatic nitrogens is 1. The van der Waals surface area contributed by atoms with Crippen molar-refractivity contribution in [3.63, 3.8) is 0 Å². The molecule has 5 amide bonds. The van der Waals surface area contributed by atoms with Gasteiger partial charge in [-0.1, -0.05) is 51.1 Å². The zero-order valence-corrected chi connectivity index (χ0v) is 35.3. The van der Waals surface area contributed by atoms with Crippen LogP contribution in [0, 0.1) is 17.0 Å². The lowest BCUT2D eigenvalue weighted by atomic mass is 9.83. The average molecular weight is 872 g/mol. The molecule has 9 N–H and O–H groups in total. The number of nitrogens with one attached hydrogen (secondary N) is 3. The van der Waals surface area contributed by atoms with Crippen molar-refractivity contribution in [1.82, 2.24) is 25.4 Å². The van der Waals surface area contributed by atoms with Crippen molar-refractivity contribution in [1.29, 1.82) is 0 Å². The zero-order chi connectivity index (χ0) is 45.3. The highest BCUT2D eigenvalue weighted by Gasteiger charge is 2.37. The standard InChI is InChI=1S/C42H55F2N7O9S/c1-42(2,3)39(33-20-27(29-21-28(43)10-11-30(29)44)24-50(33)23-26-8-5-4-6-9-26)51(18-7-16-47-32(40(46)58)22-34(45)52)37(55)25-61-19-15-35(53)48-17-14-36(54)49-31(41(59)60)12-13-38(56)57/h4-6,8-11,20-21,24,31-32,39,47H,7,12-19,22-23,25H2,1-3H3,(H2,45,52)(H2,46,58)(H,48,53)(H,49,54)(H,56,57)(H,59,60)/t31-,32-,39-/m0/s1. The number of primary amides is 2.